The Kier molecular flexibility index (Phi) is 6.88. The average Bonchev–Trinajstić information content (AvgIpc) is 3.06. The summed E-state index contributed by atoms with van der Waals surface area (Å²) in [5, 5.41) is 2.68. The largest absolute Gasteiger partial charge is 0.454 e. The van der Waals surface area contributed by atoms with Gasteiger partial charge in [-0.1, -0.05) is 18.2 Å². The number of ketones is 1. The van der Waals surface area contributed by atoms with E-state index in [1.165, 1.54) is 13.0 Å². The summed E-state index contributed by atoms with van der Waals surface area (Å²) in [7, 11) is 0. The van der Waals surface area contributed by atoms with Crippen LogP contribution in [0.3, 0.4) is 0 Å². The van der Waals surface area contributed by atoms with E-state index in [2.05, 4.69) is 5.32 Å². The van der Waals surface area contributed by atoms with Crippen LogP contribution >= 0.6 is 0 Å². The van der Waals surface area contributed by atoms with Gasteiger partial charge in [0.1, 0.15) is 5.82 Å². The second-order valence-corrected chi connectivity index (χ2v) is 7.66. The number of carbonyl (C=O) groups excluding carboxylic acids is 3. The van der Waals surface area contributed by atoms with E-state index in [1.807, 2.05) is 6.92 Å². The highest BCUT2D eigenvalue weighted by molar-refractivity contribution is 6.00. The van der Waals surface area contributed by atoms with Crippen molar-refractivity contribution in [2.24, 2.45) is 0 Å². The Morgan fingerprint density at radius 2 is 1.69 bits per heavy atom. The van der Waals surface area contributed by atoms with Gasteiger partial charge >= 0.3 is 5.97 Å². The molecule has 1 amide bonds. The molecule has 2 aromatic carbocycles. The zero-order valence-corrected chi connectivity index (χ0v) is 18.5. The zero-order chi connectivity index (χ0) is 23.4. The number of ether oxygens (including phenoxy) is 1. The number of esters is 1. The number of aromatic nitrogens is 1. The van der Waals surface area contributed by atoms with Crippen molar-refractivity contribution in [3.05, 3.63) is 88.0 Å². The first-order valence-corrected chi connectivity index (χ1v) is 10.2. The molecule has 0 aliphatic heterocycles. The summed E-state index contributed by atoms with van der Waals surface area (Å²) >= 11 is 0. The van der Waals surface area contributed by atoms with Crippen molar-refractivity contribution < 1.29 is 23.5 Å². The van der Waals surface area contributed by atoms with Crippen molar-refractivity contribution in [2.45, 2.75) is 34.2 Å². The summed E-state index contributed by atoms with van der Waals surface area (Å²) < 4.78 is 21.0. The first-order chi connectivity index (χ1) is 15.2. The zero-order valence-electron chi connectivity index (χ0n) is 18.5. The van der Waals surface area contributed by atoms with Crippen molar-refractivity contribution in [2.75, 3.05) is 6.61 Å². The van der Waals surface area contributed by atoms with Gasteiger partial charge in [0, 0.05) is 36.1 Å². The fraction of sp³-hybridized carbons (Fsp3) is 0.240. The predicted molar refractivity (Wildman–Crippen MR) is 119 cm³/mol. The maximum absolute atomic E-state index is 14.0. The second-order valence-electron chi connectivity index (χ2n) is 7.66. The van der Waals surface area contributed by atoms with Crippen molar-refractivity contribution in [3.63, 3.8) is 0 Å². The fourth-order valence-corrected chi connectivity index (χ4v) is 3.44. The maximum Gasteiger partial charge on any atom is 0.338 e. The highest BCUT2D eigenvalue weighted by Gasteiger charge is 2.19. The van der Waals surface area contributed by atoms with Crippen molar-refractivity contribution in [1.29, 1.82) is 0 Å². The lowest BCUT2D eigenvalue weighted by Crippen LogP contribution is -2.19. The summed E-state index contributed by atoms with van der Waals surface area (Å²) in [6, 6.07) is 13.2. The van der Waals surface area contributed by atoms with Crippen LogP contribution in [0.2, 0.25) is 0 Å². The lowest BCUT2D eigenvalue weighted by Gasteiger charge is -2.11. The fourth-order valence-electron chi connectivity index (χ4n) is 3.44. The number of halogens is 1. The minimum Gasteiger partial charge on any atom is -0.454 e. The molecular weight excluding hydrogens is 411 g/mol. The molecule has 7 heteroatoms. The number of rotatable bonds is 7. The van der Waals surface area contributed by atoms with Crippen LogP contribution in [0.15, 0.2) is 48.5 Å². The lowest BCUT2D eigenvalue weighted by molar-refractivity contribution is -0.119. The molecule has 3 aromatic rings. The Hall–Kier alpha value is -3.74. The summed E-state index contributed by atoms with van der Waals surface area (Å²) in [6.07, 6.45) is 0. The van der Waals surface area contributed by atoms with Gasteiger partial charge in [-0.25, -0.2) is 9.18 Å². The monoisotopic (exact) mass is 436 g/mol. The molecular formula is C25H25FN2O4. The molecule has 166 valence electrons. The van der Waals surface area contributed by atoms with E-state index in [0.717, 1.165) is 11.3 Å². The predicted octanol–water partition coefficient (Wildman–Crippen LogP) is 4.22. The quantitative estimate of drug-likeness (QED) is 0.444. The summed E-state index contributed by atoms with van der Waals surface area (Å²) in [5.41, 5.74) is 4.16. The molecule has 3 rings (SSSR count). The van der Waals surface area contributed by atoms with E-state index in [1.54, 1.807) is 60.9 Å². The molecule has 0 radical (unpaired) electrons. The molecule has 0 unspecified atom stereocenters. The highest BCUT2D eigenvalue weighted by atomic mass is 19.1. The third kappa shape index (κ3) is 5.11. The number of benzene rings is 2. The Bertz CT molecular complexity index is 1180. The second kappa shape index (κ2) is 9.60. The van der Waals surface area contributed by atoms with Gasteiger partial charge < -0.3 is 14.6 Å². The van der Waals surface area contributed by atoms with E-state index in [-0.39, 0.29) is 17.5 Å². The van der Waals surface area contributed by atoms with Crippen molar-refractivity contribution >= 4 is 17.7 Å². The minimum atomic E-state index is -0.612. The van der Waals surface area contributed by atoms with Crippen molar-refractivity contribution in [1.82, 2.24) is 9.88 Å². The molecule has 0 spiro atoms. The van der Waals surface area contributed by atoms with Crippen molar-refractivity contribution in [3.8, 4) is 5.69 Å². The first kappa shape index (κ1) is 22.9. The van der Waals surface area contributed by atoms with Crippen LogP contribution in [0.5, 0.6) is 0 Å². The average molecular weight is 436 g/mol. The third-order valence-electron chi connectivity index (χ3n) is 5.21. The summed E-state index contributed by atoms with van der Waals surface area (Å²) in [6.45, 7) is 6.68. The van der Waals surface area contributed by atoms with E-state index < -0.39 is 12.6 Å². The van der Waals surface area contributed by atoms with Gasteiger partial charge in [-0.3, -0.25) is 9.59 Å². The first-order valence-electron chi connectivity index (χ1n) is 10.2. The Labute approximate surface area is 186 Å². The number of aryl methyl sites for hydroxylation is 2. The molecule has 0 aliphatic carbocycles. The van der Waals surface area contributed by atoms with Gasteiger partial charge in [0.25, 0.3) is 0 Å². The topological polar surface area (TPSA) is 77.4 Å². The van der Waals surface area contributed by atoms with Crippen LogP contribution in [0, 0.1) is 26.6 Å². The standard InChI is InChI=1S/C25H25FN2O4/c1-15-5-10-21(12-23(15)26)28-16(2)11-22(17(28)3)24(30)14-32-25(31)20-8-6-19(7-9-20)13-27-18(4)29/h5-12H,13-14H2,1-4H3,(H,27,29). The van der Waals surface area contributed by atoms with Gasteiger partial charge in [-0.15, -0.1) is 0 Å². The molecule has 1 heterocycles. The molecule has 32 heavy (non-hydrogen) atoms. The normalized spacial score (nSPS) is 10.7. The molecule has 1 N–H and O–H groups in total. The van der Waals surface area contributed by atoms with Gasteiger partial charge in [-0.05, 0) is 62.2 Å². The number of nitrogens with zero attached hydrogens (tertiary/aromatic N) is 1. The number of hydrogen-bond donors (Lipinski definition) is 1. The number of carbonyl (C=O) groups is 3. The van der Waals surface area contributed by atoms with Crippen LogP contribution in [0.4, 0.5) is 4.39 Å². The Morgan fingerprint density at radius 3 is 2.31 bits per heavy atom. The van der Waals surface area contributed by atoms with E-state index in [4.69, 9.17) is 4.74 Å². The molecule has 0 saturated carbocycles. The number of Topliss-reactive ketones (excluding diaryl/α,β-unsaturated/α-hetero) is 1. The van der Waals surface area contributed by atoms with Gasteiger partial charge in [0.2, 0.25) is 11.7 Å². The van der Waals surface area contributed by atoms with Crippen LogP contribution in [-0.2, 0) is 16.1 Å². The molecule has 0 aliphatic rings. The molecule has 0 saturated heterocycles. The van der Waals surface area contributed by atoms with Gasteiger partial charge in [-0.2, -0.15) is 0 Å². The maximum atomic E-state index is 14.0. The molecule has 1 aromatic heterocycles. The summed E-state index contributed by atoms with van der Waals surface area (Å²) in [4.78, 5) is 36.0. The van der Waals surface area contributed by atoms with Gasteiger partial charge in [0.15, 0.2) is 6.61 Å². The molecule has 0 bridgehead atoms. The smallest absolute Gasteiger partial charge is 0.338 e. The minimum absolute atomic E-state index is 0.140. The molecule has 0 atom stereocenters. The highest BCUT2D eigenvalue weighted by Crippen LogP contribution is 2.23. The van der Waals surface area contributed by atoms with Crippen LogP contribution in [0.25, 0.3) is 5.69 Å². The number of amides is 1. The van der Waals surface area contributed by atoms with Crippen LogP contribution < -0.4 is 5.32 Å². The summed E-state index contributed by atoms with van der Waals surface area (Å²) in [5.74, 6) is -1.41. The van der Waals surface area contributed by atoms with Gasteiger partial charge in [0.05, 0.1) is 5.56 Å². The van der Waals surface area contributed by atoms with E-state index in [0.29, 0.717) is 34.6 Å². The SMILES string of the molecule is CC(=O)NCc1ccc(C(=O)OCC(=O)c2cc(C)n(-c3ccc(C)c(F)c3)c2C)cc1. The Morgan fingerprint density at radius 1 is 1.00 bits per heavy atom. The van der Waals surface area contributed by atoms with Crippen LogP contribution in [-0.4, -0.2) is 28.8 Å². The number of nitrogens with one attached hydrogen (secondary N) is 1. The Balaban J connectivity index is 1.68. The van der Waals surface area contributed by atoms with E-state index in [9.17, 15) is 18.8 Å². The lowest BCUT2D eigenvalue weighted by atomic mass is 10.1. The third-order valence-corrected chi connectivity index (χ3v) is 5.21. The number of hydrogen-bond acceptors (Lipinski definition) is 4. The van der Waals surface area contributed by atoms with E-state index >= 15 is 0 Å². The van der Waals surface area contributed by atoms with Crippen LogP contribution in [0.1, 0.15) is 50.2 Å². The molecule has 0 fully saturated rings. The molecule has 6 nitrogen and oxygen atoms in total.